The zero-order valence-corrected chi connectivity index (χ0v) is 17.2. The second-order valence-electron chi connectivity index (χ2n) is 7.58. The number of nitro groups is 1. The first-order valence-electron chi connectivity index (χ1n) is 10.4. The van der Waals surface area contributed by atoms with Gasteiger partial charge in [-0.15, -0.1) is 0 Å². The van der Waals surface area contributed by atoms with Crippen LogP contribution < -0.4 is 0 Å². The molecule has 1 fully saturated rings. The van der Waals surface area contributed by atoms with Crippen LogP contribution in [-0.4, -0.2) is 52.2 Å². The highest BCUT2D eigenvalue weighted by atomic mass is 16.6. The van der Waals surface area contributed by atoms with E-state index < -0.39 is 4.92 Å². The molecule has 0 N–H and O–H groups in total. The molecule has 30 heavy (non-hydrogen) atoms. The second-order valence-corrected chi connectivity index (χ2v) is 7.58. The summed E-state index contributed by atoms with van der Waals surface area (Å²) in [7, 11) is 0. The number of likely N-dealkylation sites (tertiary alicyclic amines) is 1. The maximum atomic E-state index is 13.0. The fourth-order valence-corrected chi connectivity index (χ4v) is 3.91. The molecule has 1 saturated heterocycles. The molecular weight excluding hydrogens is 382 g/mol. The summed E-state index contributed by atoms with van der Waals surface area (Å²) in [5, 5.41) is 10.8. The van der Waals surface area contributed by atoms with E-state index in [0.717, 1.165) is 24.8 Å². The van der Waals surface area contributed by atoms with E-state index in [9.17, 15) is 19.7 Å². The molecular formula is C23H27N3O4. The molecule has 0 saturated carbocycles. The Morgan fingerprint density at radius 3 is 2.27 bits per heavy atom. The van der Waals surface area contributed by atoms with Gasteiger partial charge in [-0.05, 0) is 37.0 Å². The number of hydrogen-bond acceptors (Lipinski definition) is 4. The largest absolute Gasteiger partial charge is 0.339 e. The van der Waals surface area contributed by atoms with Crippen molar-refractivity contribution in [2.24, 2.45) is 0 Å². The normalized spacial score (nSPS) is 14.4. The molecule has 0 unspecified atom stereocenters. The summed E-state index contributed by atoms with van der Waals surface area (Å²) < 4.78 is 0. The van der Waals surface area contributed by atoms with Crippen LogP contribution in [0.1, 0.15) is 42.1 Å². The topological polar surface area (TPSA) is 83.8 Å². The summed E-state index contributed by atoms with van der Waals surface area (Å²) in [5.74, 6) is 0.0619. The number of hydrogen-bond donors (Lipinski definition) is 0. The van der Waals surface area contributed by atoms with Crippen LogP contribution in [0.15, 0.2) is 54.6 Å². The minimum Gasteiger partial charge on any atom is -0.339 e. The van der Waals surface area contributed by atoms with Gasteiger partial charge in [-0.25, -0.2) is 0 Å². The van der Waals surface area contributed by atoms with Crippen LogP contribution in [-0.2, 0) is 11.2 Å². The van der Waals surface area contributed by atoms with Gasteiger partial charge < -0.3 is 9.80 Å². The molecule has 158 valence electrons. The first kappa shape index (κ1) is 21.5. The summed E-state index contributed by atoms with van der Waals surface area (Å²) in [4.78, 5) is 39.8. The van der Waals surface area contributed by atoms with Crippen LogP contribution >= 0.6 is 0 Å². The lowest BCUT2D eigenvalue weighted by molar-refractivity contribution is -0.384. The SMILES string of the molecule is CCCN(C(=O)Cc1ccc([N+](=O)[O-])cc1)C1CCN(C(=O)c2ccccc2)CC1. The van der Waals surface area contributed by atoms with E-state index in [-0.39, 0.29) is 30.0 Å². The quantitative estimate of drug-likeness (QED) is 0.516. The molecule has 1 aliphatic heterocycles. The Labute approximate surface area is 176 Å². The third-order valence-electron chi connectivity index (χ3n) is 5.50. The number of carbonyl (C=O) groups is 2. The fraction of sp³-hybridized carbons (Fsp3) is 0.391. The predicted octanol–water partition coefficient (Wildman–Crippen LogP) is 3.68. The van der Waals surface area contributed by atoms with Crippen molar-refractivity contribution in [1.29, 1.82) is 0 Å². The Morgan fingerprint density at radius 2 is 1.70 bits per heavy atom. The first-order valence-corrected chi connectivity index (χ1v) is 10.4. The van der Waals surface area contributed by atoms with Gasteiger partial charge in [0.1, 0.15) is 0 Å². The molecule has 0 spiro atoms. The average Bonchev–Trinajstić information content (AvgIpc) is 2.78. The number of non-ortho nitro benzene ring substituents is 1. The van der Waals surface area contributed by atoms with Gasteiger partial charge in [0.15, 0.2) is 0 Å². The highest BCUT2D eigenvalue weighted by Crippen LogP contribution is 2.21. The number of rotatable bonds is 7. The van der Waals surface area contributed by atoms with Crippen molar-refractivity contribution < 1.29 is 14.5 Å². The summed E-state index contributed by atoms with van der Waals surface area (Å²) >= 11 is 0. The standard InChI is InChI=1S/C23H27N3O4/c1-2-14-25(22(27)17-18-8-10-21(11-9-18)26(29)30)20-12-15-24(16-13-20)23(28)19-6-4-3-5-7-19/h3-11,20H,2,12-17H2,1H3. The van der Waals surface area contributed by atoms with E-state index in [2.05, 4.69) is 0 Å². The molecule has 0 aliphatic carbocycles. The highest BCUT2D eigenvalue weighted by molar-refractivity contribution is 5.94. The summed E-state index contributed by atoms with van der Waals surface area (Å²) in [6, 6.07) is 15.5. The summed E-state index contributed by atoms with van der Waals surface area (Å²) in [6.07, 6.45) is 2.59. The van der Waals surface area contributed by atoms with Gasteiger partial charge in [0, 0.05) is 43.4 Å². The minimum atomic E-state index is -0.445. The summed E-state index contributed by atoms with van der Waals surface area (Å²) in [5.41, 5.74) is 1.48. The summed E-state index contributed by atoms with van der Waals surface area (Å²) in [6.45, 7) is 3.97. The lowest BCUT2D eigenvalue weighted by atomic mass is 10.0. The number of nitrogens with zero attached hydrogens (tertiary/aromatic N) is 3. The van der Waals surface area contributed by atoms with Crippen molar-refractivity contribution in [3.05, 3.63) is 75.8 Å². The van der Waals surface area contributed by atoms with E-state index in [1.807, 2.05) is 47.1 Å². The van der Waals surface area contributed by atoms with Gasteiger partial charge in [0.05, 0.1) is 11.3 Å². The van der Waals surface area contributed by atoms with E-state index in [1.54, 1.807) is 12.1 Å². The second kappa shape index (κ2) is 10.0. The fourth-order valence-electron chi connectivity index (χ4n) is 3.91. The molecule has 2 aromatic rings. The van der Waals surface area contributed by atoms with Crippen LogP contribution in [0.2, 0.25) is 0 Å². The number of piperidine rings is 1. The molecule has 0 aromatic heterocycles. The maximum Gasteiger partial charge on any atom is 0.269 e. The van der Waals surface area contributed by atoms with Crippen molar-refractivity contribution in [3.8, 4) is 0 Å². The van der Waals surface area contributed by atoms with Gasteiger partial charge in [0.25, 0.3) is 11.6 Å². The van der Waals surface area contributed by atoms with Crippen LogP contribution in [0.25, 0.3) is 0 Å². The van der Waals surface area contributed by atoms with Crippen molar-refractivity contribution in [2.45, 2.75) is 38.6 Å². The molecule has 2 amide bonds. The Hall–Kier alpha value is -3.22. The van der Waals surface area contributed by atoms with Crippen molar-refractivity contribution >= 4 is 17.5 Å². The molecule has 7 heteroatoms. The lowest BCUT2D eigenvalue weighted by Gasteiger charge is -2.38. The molecule has 3 rings (SSSR count). The average molecular weight is 409 g/mol. The molecule has 7 nitrogen and oxygen atoms in total. The number of amides is 2. The highest BCUT2D eigenvalue weighted by Gasteiger charge is 2.29. The van der Waals surface area contributed by atoms with Crippen molar-refractivity contribution in [2.75, 3.05) is 19.6 Å². The Balaban J connectivity index is 1.60. The molecule has 1 aliphatic rings. The van der Waals surface area contributed by atoms with Crippen molar-refractivity contribution in [3.63, 3.8) is 0 Å². The van der Waals surface area contributed by atoms with E-state index in [1.165, 1.54) is 12.1 Å². The first-order chi connectivity index (χ1) is 14.5. The van der Waals surface area contributed by atoms with Crippen molar-refractivity contribution in [1.82, 2.24) is 9.80 Å². The van der Waals surface area contributed by atoms with Crippen LogP contribution in [0.3, 0.4) is 0 Å². The molecule has 1 heterocycles. The van der Waals surface area contributed by atoms with Crippen LogP contribution in [0, 0.1) is 10.1 Å². The van der Waals surface area contributed by atoms with Gasteiger partial charge in [-0.1, -0.05) is 37.3 Å². The van der Waals surface area contributed by atoms with Crippen LogP contribution in [0.4, 0.5) is 5.69 Å². The Kier molecular flexibility index (Phi) is 7.17. The third-order valence-corrected chi connectivity index (χ3v) is 5.50. The smallest absolute Gasteiger partial charge is 0.269 e. The van der Waals surface area contributed by atoms with Crippen LogP contribution in [0.5, 0.6) is 0 Å². The van der Waals surface area contributed by atoms with E-state index >= 15 is 0 Å². The molecule has 0 bridgehead atoms. The van der Waals surface area contributed by atoms with Gasteiger partial charge in [0.2, 0.25) is 5.91 Å². The van der Waals surface area contributed by atoms with Gasteiger partial charge in [-0.3, -0.25) is 19.7 Å². The molecule has 0 radical (unpaired) electrons. The number of carbonyl (C=O) groups excluding carboxylic acids is 2. The monoisotopic (exact) mass is 409 g/mol. The zero-order chi connectivity index (χ0) is 21.5. The van der Waals surface area contributed by atoms with Gasteiger partial charge >= 0.3 is 0 Å². The zero-order valence-electron chi connectivity index (χ0n) is 17.2. The molecule has 0 atom stereocenters. The Morgan fingerprint density at radius 1 is 1.07 bits per heavy atom. The lowest BCUT2D eigenvalue weighted by Crippen LogP contribution is -2.49. The van der Waals surface area contributed by atoms with E-state index in [0.29, 0.717) is 25.2 Å². The Bertz CT molecular complexity index is 875. The van der Waals surface area contributed by atoms with E-state index in [4.69, 9.17) is 0 Å². The maximum absolute atomic E-state index is 13.0. The minimum absolute atomic E-state index is 0.0204. The molecule has 2 aromatic carbocycles. The number of benzene rings is 2. The number of nitro benzene ring substituents is 1. The van der Waals surface area contributed by atoms with Gasteiger partial charge in [-0.2, -0.15) is 0 Å². The third kappa shape index (κ3) is 5.23. The predicted molar refractivity (Wildman–Crippen MR) is 114 cm³/mol.